The maximum Gasteiger partial charge on any atom is 0.0547 e. The topological polar surface area (TPSA) is 42.2 Å². The molecule has 1 saturated carbocycles. The third kappa shape index (κ3) is 3.77. The van der Waals surface area contributed by atoms with Gasteiger partial charge in [-0.05, 0) is 44.4 Å². The number of hydrogen-bond donors (Lipinski definition) is 1. The first-order valence-corrected chi connectivity index (χ1v) is 7.61. The van der Waals surface area contributed by atoms with Crippen LogP contribution in [0.15, 0.2) is 18.2 Å². The average molecular weight is 261 g/mol. The number of hydrogen-bond acceptors (Lipinski definition) is 3. The fourth-order valence-corrected chi connectivity index (χ4v) is 3.34. The van der Waals surface area contributed by atoms with Gasteiger partial charge in [-0.1, -0.05) is 25.8 Å². The van der Waals surface area contributed by atoms with Gasteiger partial charge in [-0.3, -0.25) is 9.88 Å². The van der Waals surface area contributed by atoms with E-state index in [9.17, 15) is 0 Å². The van der Waals surface area contributed by atoms with Gasteiger partial charge in [-0.15, -0.1) is 0 Å². The largest absolute Gasteiger partial charge is 0.329 e. The van der Waals surface area contributed by atoms with E-state index in [2.05, 4.69) is 41.9 Å². The van der Waals surface area contributed by atoms with Crippen molar-refractivity contribution in [1.29, 1.82) is 0 Å². The molecule has 1 unspecified atom stereocenters. The molecule has 2 rings (SSSR count). The molecule has 106 valence electrons. The lowest BCUT2D eigenvalue weighted by molar-refractivity contribution is 0.145. The lowest BCUT2D eigenvalue weighted by atomic mass is 9.96. The Morgan fingerprint density at radius 3 is 2.68 bits per heavy atom. The highest BCUT2D eigenvalue weighted by molar-refractivity contribution is 5.10. The fourth-order valence-electron chi connectivity index (χ4n) is 3.34. The van der Waals surface area contributed by atoms with Crippen LogP contribution in [0.3, 0.4) is 0 Å². The molecule has 0 aromatic carbocycles. The quantitative estimate of drug-likeness (QED) is 0.856. The third-order valence-electron chi connectivity index (χ3n) is 4.37. The summed E-state index contributed by atoms with van der Waals surface area (Å²) in [6.07, 6.45) is 5.45. The van der Waals surface area contributed by atoms with Crippen LogP contribution in [0.25, 0.3) is 0 Å². The Kier molecular flexibility index (Phi) is 5.34. The molecule has 19 heavy (non-hydrogen) atoms. The highest BCUT2D eigenvalue weighted by Crippen LogP contribution is 2.30. The molecule has 0 saturated heterocycles. The predicted octanol–water partition coefficient (Wildman–Crippen LogP) is 2.73. The average Bonchev–Trinajstić information content (AvgIpc) is 2.92. The Morgan fingerprint density at radius 2 is 2.11 bits per heavy atom. The molecule has 1 aromatic heterocycles. The normalized spacial score (nSPS) is 18.1. The fraction of sp³-hybridized carbons (Fsp3) is 0.688. The number of likely N-dealkylation sites (N-methyl/N-ethyl adjacent to an activating group) is 1. The van der Waals surface area contributed by atoms with Crippen LogP contribution in [0.2, 0.25) is 0 Å². The van der Waals surface area contributed by atoms with Crippen LogP contribution in [-0.4, -0.2) is 29.0 Å². The van der Waals surface area contributed by atoms with E-state index in [1.165, 1.54) is 31.4 Å². The van der Waals surface area contributed by atoms with Crippen LogP contribution in [0.5, 0.6) is 0 Å². The van der Waals surface area contributed by atoms with Gasteiger partial charge in [-0.25, -0.2) is 0 Å². The van der Waals surface area contributed by atoms with Crippen molar-refractivity contribution in [1.82, 2.24) is 9.88 Å². The summed E-state index contributed by atoms with van der Waals surface area (Å²) >= 11 is 0. The molecular weight excluding hydrogens is 234 g/mol. The number of aromatic nitrogens is 1. The summed E-state index contributed by atoms with van der Waals surface area (Å²) in [5, 5.41) is 0. The Balaban J connectivity index is 2.05. The molecule has 0 radical (unpaired) electrons. The second kappa shape index (κ2) is 7.01. The smallest absolute Gasteiger partial charge is 0.0547 e. The van der Waals surface area contributed by atoms with E-state index < -0.39 is 0 Å². The molecule has 1 atom stereocenters. The second-order valence-electron chi connectivity index (χ2n) is 5.68. The third-order valence-corrected chi connectivity index (χ3v) is 4.37. The van der Waals surface area contributed by atoms with Gasteiger partial charge in [-0.2, -0.15) is 0 Å². The predicted molar refractivity (Wildman–Crippen MR) is 79.9 cm³/mol. The maximum absolute atomic E-state index is 6.05. The number of nitrogens with two attached hydrogens (primary N) is 1. The molecule has 3 nitrogen and oxygen atoms in total. The molecular formula is C16H27N3. The molecule has 1 aliphatic carbocycles. The van der Waals surface area contributed by atoms with Gasteiger partial charge in [0.25, 0.3) is 0 Å². The summed E-state index contributed by atoms with van der Waals surface area (Å²) in [5.74, 6) is 0.787. The van der Waals surface area contributed by atoms with Crippen molar-refractivity contribution in [2.75, 3.05) is 13.1 Å². The van der Waals surface area contributed by atoms with E-state index in [1.54, 1.807) is 0 Å². The summed E-state index contributed by atoms with van der Waals surface area (Å²) in [4.78, 5) is 7.13. The molecule has 0 amide bonds. The van der Waals surface area contributed by atoms with Crippen LogP contribution in [0.1, 0.15) is 44.0 Å². The summed E-state index contributed by atoms with van der Waals surface area (Å²) < 4.78 is 0. The minimum absolute atomic E-state index is 0.523. The van der Waals surface area contributed by atoms with Gasteiger partial charge in [0.15, 0.2) is 0 Å². The van der Waals surface area contributed by atoms with Gasteiger partial charge in [0, 0.05) is 24.8 Å². The minimum atomic E-state index is 0.523. The van der Waals surface area contributed by atoms with Crippen LogP contribution in [-0.2, 0) is 6.54 Å². The summed E-state index contributed by atoms with van der Waals surface area (Å²) in [6.45, 7) is 7.03. The zero-order valence-electron chi connectivity index (χ0n) is 12.3. The highest BCUT2D eigenvalue weighted by atomic mass is 15.2. The Morgan fingerprint density at radius 1 is 1.37 bits per heavy atom. The van der Waals surface area contributed by atoms with Crippen molar-refractivity contribution >= 4 is 0 Å². The number of aryl methyl sites for hydroxylation is 1. The lowest BCUT2D eigenvalue weighted by Crippen LogP contribution is -2.44. The Bertz CT molecular complexity index is 385. The van der Waals surface area contributed by atoms with Crippen molar-refractivity contribution in [3.63, 3.8) is 0 Å². The van der Waals surface area contributed by atoms with Crippen molar-refractivity contribution in [2.24, 2.45) is 11.7 Å². The molecule has 0 spiro atoms. The highest BCUT2D eigenvalue weighted by Gasteiger charge is 2.28. The summed E-state index contributed by atoms with van der Waals surface area (Å²) in [5.41, 5.74) is 8.31. The van der Waals surface area contributed by atoms with Crippen molar-refractivity contribution in [3.8, 4) is 0 Å². The zero-order valence-corrected chi connectivity index (χ0v) is 12.3. The van der Waals surface area contributed by atoms with E-state index in [-0.39, 0.29) is 0 Å². The molecule has 2 N–H and O–H groups in total. The first-order valence-electron chi connectivity index (χ1n) is 7.61. The molecule has 1 aliphatic rings. The molecule has 1 fully saturated rings. The number of rotatable bonds is 6. The van der Waals surface area contributed by atoms with Crippen LogP contribution in [0.4, 0.5) is 0 Å². The molecule has 3 heteroatoms. The number of pyridine rings is 1. The van der Waals surface area contributed by atoms with Crippen LogP contribution < -0.4 is 5.73 Å². The van der Waals surface area contributed by atoms with Crippen LogP contribution >= 0.6 is 0 Å². The Hall–Kier alpha value is -0.930. The van der Waals surface area contributed by atoms with Crippen molar-refractivity contribution in [3.05, 3.63) is 29.6 Å². The van der Waals surface area contributed by atoms with Crippen molar-refractivity contribution < 1.29 is 0 Å². The summed E-state index contributed by atoms with van der Waals surface area (Å²) in [7, 11) is 0. The van der Waals surface area contributed by atoms with Gasteiger partial charge in [0.05, 0.1) is 5.69 Å². The second-order valence-corrected chi connectivity index (χ2v) is 5.68. The van der Waals surface area contributed by atoms with Crippen molar-refractivity contribution in [2.45, 2.75) is 52.1 Å². The lowest BCUT2D eigenvalue weighted by Gasteiger charge is -2.34. The van der Waals surface area contributed by atoms with E-state index in [0.717, 1.165) is 31.2 Å². The standard InChI is InChI=1S/C16H27N3/c1-3-19(12-15-10-6-7-13(2)18-15)16(11-17)14-8-4-5-9-14/h6-7,10,14,16H,3-5,8-9,11-12,17H2,1-2H3. The molecule has 0 bridgehead atoms. The van der Waals surface area contributed by atoms with E-state index in [0.29, 0.717) is 6.04 Å². The minimum Gasteiger partial charge on any atom is -0.329 e. The summed E-state index contributed by atoms with van der Waals surface area (Å²) in [6, 6.07) is 6.79. The first kappa shape index (κ1) is 14.5. The molecule has 1 aromatic rings. The van der Waals surface area contributed by atoms with Gasteiger partial charge in [0.1, 0.15) is 0 Å². The van der Waals surface area contributed by atoms with Gasteiger partial charge < -0.3 is 5.73 Å². The van der Waals surface area contributed by atoms with E-state index >= 15 is 0 Å². The number of nitrogens with zero attached hydrogens (tertiary/aromatic N) is 2. The monoisotopic (exact) mass is 261 g/mol. The van der Waals surface area contributed by atoms with E-state index in [1.807, 2.05) is 0 Å². The first-order chi connectivity index (χ1) is 9.24. The maximum atomic E-state index is 6.05. The van der Waals surface area contributed by atoms with Gasteiger partial charge in [0.2, 0.25) is 0 Å². The SMILES string of the molecule is CCN(Cc1cccc(C)n1)C(CN)C1CCCC1. The van der Waals surface area contributed by atoms with Gasteiger partial charge >= 0.3 is 0 Å². The van der Waals surface area contributed by atoms with Crippen LogP contribution in [0, 0.1) is 12.8 Å². The molecule has 0 aliphatic heterocycles. The Labute approximate surface area is 117 Å². The molecule has 1 heterocycles. The van der Waals surface area contributed by atoms with E-state index in [4.69, 9.17) is 5.73 Å². The zero-order chi connectivity index (χ0) is 13.7.